The molecule has 2 saturated heterocycles. The molecule has 2 aliphatic heterocycles. The van der Waals surface area contributed by atoms with Crippen molar-refractivity contribution in [2.24, 2.45) is 5.73 Å². The van der Waals surface area contributed by atoms with E-state index in [4.69, 9.17) is 5.73 Å². The van der Waals surface area contributed by atoms with Gasteiger partial charge in [0.25, 0.3) is 0 Å². The minimum Gasteiger partial charge on any atom is -0.456 e. The van der Waals surface area contributed by atoms with Crippen LogP contribution in [0.25, 0.3) is 0 Å². The number of halogens is 2. The number of likely N-dealkylation sites (tertiary alicyclic amines) is 1. The summed E-state index contributed by atoms with van der Waals surface area (Å²) in [7, 11) is 0. The Kier molecular flexibility index (Phi) is 3.12. The molecule has 2 heterocycles. The topological polar surface area (TPSA) is 55.6 Å². The fourth-order valence-electron chi connectivity index (χ4n) is 2.17. The molecule has 2 rings (SSSR count). The molecule has 1 atom stereocenters. The predicted octanol–water partition coefficient (Wildman–Crippen LogP) is 0.360. The molecule has 92 valence electrons. The number of nitrogens with zero attached hydrogens (tertiary/aromatic N) is 1. The molecule has 0 aliphatic carbocycles. The van der Waals surface area contributed by atoms with E-state index >= 15 is 0 Å². The summed E-state index contributed by atoms with van der Waals surface area (Å²) in [6.45, 7) is 1.98. The fourth-order valence-corrected chi connectivity index (χ4v) is 2.17. The first-order chi connectivity index (χ1) is 7.47. The Morgan fingerprint density at radius 3 is 2.56 bits per heavy atom. The lowest BCUT2D eigenvalue weighted by Crippen LogP contribution is -2.42. The van der Waals surface area contributed by atoms with Gasteiger partial charge >= 0.3 is 11.9 Å². The normalized spacial score (nSPS) is 31.7. The highest BCUT2D eigenvalue weighted by Crippen LogP contribution is 2.31. The van der Waals surface area contributed by atoms with Crippen LogP contribution in [0.15, 0.2) is 0 Å². The van der Waals surface area contributed by atoms with Crippen LogP contribution < -0.4 is 5.73 Å². The molecule has 0 aromatic rings. The molecule has 0 amide bonds. The molecule has 2 aliphatic rings. The summed E-state index contributed by atoms with van der Waals surface area (Å²) in [5.41, 5.74) is 5.74. The summed E-state index contributed by atoms with van der Waals surface area (Å²) < 4.78 is 30.4. The van der Waals surface area contributed by atoms with Gasteiger partial charge in [-0.05, 0) is 25.9 Å². The summed E-state index contributed by atoms with van der Waals surface area (Å²) in [6.07, 6.45) is 0.583. The predicted molar refractivity (Wildman–Crippen MR) is 53.1 cm³/mol. The lowest BCUT2D eigenvalue weighted by Gasteiger charge is -2.31. The van der Waals surface area contributed by atoms with Crippen molar-refractivity contribution in [3.05, 3.63) is 0 Å². The van der Waals surface area contributed by atoms with Crippen LogP contribution >= 0.6 is 0 Å². The molecule has 4 nitrogen and oxygen atoms in total. The molecular weight excluding hydrogens is 218 g/mol. The number of cyclic esters (lactones) is 1. The van der Waals surface area contributed by atoms with Crippen LogP contribution in [0.3, 0.4) is 0 Å². The Hall–Kier alpha value is -0.750. The highest BCUT2D eigenvalue weighted by molar-refractivity contribution is 5.79. The Labute approximate surface area is 92.7 Å². The van der Waals surface area contributed by atoms with Gasteiger partial charge in [0.15, 0.2) is 0 Å². The van der Waals surface area contributed by atoms with E-state index in [1.165, 1.54) is 0 Å². The third kappa shape index (κ3) is 2.49. The summed E-state index contributed by atoms with van der Waals surface area (Å²) in [5, 5.41) is 0. The molecular formula is C10H16F2N2O2. The summed E-state index contributed by atoms with van der Waals surface area (Å²) in [5.74, 6) is -4.68. The van der Waals surface area contributed by atoms with Crippen molar-refractivity contribution in [3.8, 4) is 0 Å². The van der Waals surface area contributed by atoms with Gasteiger partial charge in [-0.1, -0.05) is 0 Å². The van der Waals surface area contributed by atoms with Crippen molar-refractivity contribution in [2.75, 3.05) is 19.6 Å². The molecule has 0 aromatic heterocycles. The Bertz CT molecular complexity index is 278. The first-order valence-corrected chi connectivity index (χ1v) is 5.54. The van der Waals surface area contributed by atoms with Crippen molar-refractivity contribution < 1.29 is 18.3 Å². The van der Waals surface area contributed by atoms with Crippen molar-refractivity contribution in [1.29, 1.82) is 0 Å². The molecule has 0 bridgehead atoms. The highest BCUT2D eigenvalue weighted by atomic mass is 19.3. The molecule has 2 N–H and O–H groups in total. The zero-order chi connectivity index (χ0) is 11.8. The third-order valence-electron chi connectivity index (χ3n) is 3.15. The van der Waals surface area contributed by atoms with Gasteiger partial charge in [-0.25, -0.2) is 4.79 Å². The van der Waals surface area contributed by atoms with Crippen molar-refractivity contribution >= 4 is 5.97 Å². The van der Waals surface area contributed by atoms with Gasteiger partial charge in [-0.15, -0.1) is 0 Å². The van der Waals surface area contributed by atoms with E-state index < -0.39 is 24.4 Å². The minimum atomic E-state index is -3.29. The number of esters is 1. The second kappa shape index (κ2) is 4.25. The quantitative estimate of drug-likeness (QED) is 0.701. The Morgan fingerprint density at radius 1 is 1.44 bits per heavy atom. The van der Waals surface area contributed by atoms with Gasteiger partial charge in [0.1, 0.15) is 6.10 Å². The molecule has 0 saturated carbocycles. The highest BCUT2D eigenvalue weighted by Gasteiger charge is 2.51. The molecule has 1 unspecified atom stereocenters. The fraction of sp³-hybridized carbons (Fsp3) is 0.900. The molecule has 0 spiro atoms. The van der Waals surface area contributed by atoms with Crippen LogP contribution in [-0.4, -0.2) is 48.6 Å². The van der Waals surface area contributed by atoms with E-state index in [1.54, 1.807) is 0 Å². The molecule has 16 heavy (non-hydrogen) atoms. The van der Waals surface area contributed by atoms with E-state index in [1.807, 2.05) is 4.90 Å². The largest absolute Gasteiger partial charge is 0.456 e. The number of carbonyl (C=O) groups is 1. The second-order valence-electron chi connectivity index (χ2n) is 4.57. The van der Waals surface area contributed by atoms with E-state index in [0.29, 0.717) is 6.54 Å². The number of hydrogen-bond donors (Lipinski definition) is 1. The molecule has 0 radical (unpaired) electrons. The van der Waals surface area contributed by atoms with E-state index in [-0.39, 0.29) is 6.04 Å². The third-order valence-corrected chi connectivity index (χ3v) is 3.15. The maximum atomic E-state index is 12.9. The van der Waals surface area contributed by atoms with E-state index in [2.05, 4.69) is 4.74 Å². The van der Waals surface area contributed by atoms with Gasteiger partial charge in [0.2, 0.25) is 0 Å². The smallest absolute Gasteiger partial charge is 0.377 e. The average molecular weight is 234 g/mol. The van der Waals surface area contributed by atoms with Gasteiger partial charge in [0.05, 0.1) is 6.42 Å². The van der Waals surface area contributed by atoms with Gasteiger partial charge in [0, 0.05) is 12.6 Å². The zero-order valence-electron chi connectivity index (χ0n) is 8.99. The standard InChI is InChI=1S/C10H16F2N2O2/c11-10(12)5-8(16-9(10)15)6-14-3-1-7(13)2-4-14/h7-8H,1-6,13H2. The molecule has 2 fully saturated rings. The van der Waals surface area contributed by atoms with Crippen molar-refractivity contribution in [2.45, 2.75) is 37.3 Å². The number of alkyl halides is 2. The first-order valence-electron chi connectivity index (χ1n) is 5.54. The number of piperidine rings is 1. The number of hydrogen-bond acceptors (Lipinski definition) is 4. The van der Waals surface area contributed by atoms with Crippen molar-refractivity contribution in [3.63, 3.8) is 0 Å². The summed E-state index contributed by atoms with van der Waals surface area (Å²) >= 11 is 0. The second-order valence-corrected chi connectivity index (χ2v) is 4.57. The first kappa shape index (κ1) is 11.7. The van der Waals surface area contributed by atoms with Gasteiger partial charge in [-0.2, -0.15) is 8.78 Å². The molecule has 0 aromatic carbocycles. The molecule has 6 heteroatoms. The van der Waals surface area contributed by atoms with Crippen LogP contribution in [0.5, 0.6) is 0 Å². The zero-order valence-corrected chi connectivity index (χ0v) is 8.99. The number of ether oxygens (including phenoxy) is 1. The lowest BCUT2D eigenvalue weighted by molar-refractivity contribution is -0.159. The maximum absolute atomic E-state index is 12.9. The van der Waals surface area contributed by atoms with Crippen LogP contribution in [0, 0.1) is 0 Å². The number of nitrogens with two attached hydrogens (primary N) is 1. The monoisotopic (exact) mass is 234 g/mol. The Balaban J connectivity index is 1.81. The SMILES string of the molecule is NC1CCN(CC2CC(F)(F)C(=O)O2)CC1. The van der Waals surface area contributed by atoms with Crippen molar-refractivity contribution in [1.82, 2.24) is 4.90 Å². The van der Waals surface area contributed by atoms with Crippen LogP contribution in [-0.2, 0) is 9.53 Å². The summed E-state index contributed by atoms with van der Waals surface area (Å²) in [6, 6.07) is 0.212. The summed E-state index contributed by atoms with van der Waals surface area (Å²) in [4.78, 5) is 12.8. The maximum Gasteiger partial charge on any atom is 0.377 e. The number of carbonyl (C=O) groups excluding carboxylic acids is 1. The van der Waals surface area contributed by atoms with Gasteiger partial charge < -0.3 is 10.5 Å². The average Bonchev–Trinajstić information content (AvgIpc) is 2.44. The van der Waals surface area contributed by atoms with Crippen LogP contribution in [0.4, 0.5) is 8.78 Å². The van der Waals surface area contributed by atoms with Crippen LogP contribution in [0.1, 0.15) is 19.3 Å². The van der Waals surface area contributed by atoms with Crippen LogP contribution in [0.2, 0.25) is 0 Å². The number of rotatable bonds is 2. The van der Waals surface area contributed by atoms with E-state index in [0.717, 1.165) is 25.9 Å². The minimum absolute atomic E-state index is 0.212. The van der Waals surface area contributed by atoms with E-state index in [9.17, 15) is 13.6 Å². The Morgan fingerprint density at radius 2 is 2.06 bits per heavy atom. The van der Waals surface area contributed by atoms with Gasteiger partial charge in [-0.3, -0.25) is 4.90 Å². The lowest BCUT2D eigenvalue weighted by atomic mass is 10.1.